The van der Waals surface area contributed by atoms with E-state index in [1.165, 1.54) is 0 Å². The van der Waals surface area contributed by atoms with Gasteiger partial charge in [0.1, 0.15) is 0 Å². The summed E-state index contributed by atoms with van der Waals surface area (Å²) in [7, 11) is -1.28. The molecule has 0 radical (unpaired) electrons. The molecule has 0 amide bonds. The Morgan fingerprint density at radius 1 is 1.22 bits per heavy atom. The van der Waals surface area contributed by atoms with Gasteiger partial charge in [0.2, 0.25) is 0 Å². The van der Waals surface area contributed by atoms with Gasteiger partial charge in [-0.25, -0.2) is 4.79 Å². The molecule has 0 spiro atoms. The minimum Gasteiger partial charge on any atom is -0.462 e. The largest absolute Gasteiger partial charge is 0.462 e. The molecule has 1 aromatic rings. The molecular formula is C31H48O5Si. The molecule has 0 bridgehead atoms. The predicted octanol–water partition coefficient (Wildman–Crippen LogP) is 7.08. The number of carbonyl (C=O) groups is 1. The van der Waals surface area contributed by atoms with E-state index in [0.29, 0.717) is 18.6 Å². The molecule has 2 fully saturated rings. The highest BCUT2D eigenvalue weighted by Gasteiger charge is 2.42. The Kier molecular flexibility index (Phi) is 10.0. The van der Waals surface area contributed by atoms with Crippen LogP contribution in [0, 0.1) is 25.7 Å². The summed E-state index contributed by atoms with van der Waals surface area (Å²) < 4.78 is 18.3. The summed E-state index contributed by atoms with van der Waals surface area (Å²) >= 11 is 0. The Morgan fingerprint density at radius 3 is 2.59 bits per heavy atom. The second-order valence-corrected chi connectivity index (χ2v) is 18.3. The number of aliphatic hydroxyl groups is 1. The topological polar surface area (TPSA) is 65.0 Å². The van der Waals surface area contributed by atoms with Crippen LogP contribution in [0.25, 0.3) is 6.08 Å². The predicted molar refractivity (Wildman–Crippen MR) is 153 cm³/mol. The average Bonchev–Trinajstić information content (AvgIpc) is 3.32. The van der Waals surface area contributed by atoms with E-state index in [1.54, 1.807) is 0 Å². The lowest BCUT2D eigenvalue weighted by molar-refractivity contribution is -0.148. The molecule has 1 aliphatic heterocycles. The van der Waals surface area contributed by atoms with Crippen molar-refractivity contribution < 1.29 is 24.1 Å². The summed E-state index contributed by atoms with van der Waals surface area (Å²) in [6.45, 7) is 17.4. The number of hydrogen-bond acceptors (Lipinski definition) is 5. The third-order valence-corrected chi connectivity index (χ3v) is 9.10. The molecule has 6 heteroatoms. The van der Waals surface area contributed by atoms with Crippen LogP contribution in [0.3, 0.4) is 0 Å². The van der Waals surface area contributed by atoms with Gasteiger partial charge >= 0.3 is 5.97 Å². The number of esters is 1. The van der Waals surface area contributed by atoms with Crippen molar-refractivity contribution in [1.82, 2.24) is 0 Å². The maximum Gasteiger partial charge on any atom is 0.338 e. The standard InChI is InChI=1S/C31H48O5Si/c1-21-19-23(3)28(30(33)34-17-18-37(6,7)8)25(20-21)12-10-14-27-29(36-31(4,5)35-27)22(2)15-16-24-11-9-13-26(24)32/h10,12,15-16,19-20,22,24,26-27,29,32H,9,11,13-14,17-18H2,1-8H3/b12-10+,16-15-/t22?,24?,26?,27-,29+/m1/s1. The molecule has 0 aromatic heterocycles. The fourth-order valence-corrected chi connectivity index (χ4v) is 6.09. The molecule has 1 heterocycles. The molecule has 1 saturated heterocycles. The van der Waals surface area contributed by atoms with Gasteiger partial charge in [-0.15, -0.1) is 0 Å². The first-order valence-electron chi connectivity index (χ1n) is 13.9. The molecule has 206 valence electrons. The number of benzene rings is 1. The second-order valence-electron chi connectivity index (χ2n) is 12.7. The normalized spacial score (nSPS) is 26.8. The van der Waals surface area contributed by atoms with Gasteiger partial charge in [0.05, 0.1) is 30.5 Å². The fraction of sp³-hybridized carbons (Fsp3) is 0.645. The molecule has 5 nitrogen and oxygen atoms in total. The summed E-state index contributed by atoms with van der Waals surface area (Å²) in [6.07, 6.45) is 11.7. The molecule has 3 unspecified atom stereocenters. The van der Waals surface area contributed by atoms with E-state index in [4.69, 9.17) is 14.2 Å². The number of aryl methyl sites for hydroxylation is 2. The van der Waals surface area contributed by atoms with Gasteiger partial charge in [-0.1, -0.05) is 75.0 Å². The zero-order chi connectivity index (χ0) is 27.4. The lowest BCUT2D eigenvalue weighted by atomic mass is 9.94. The Hall–Kier alpha value is -1.73. The fourth-order valence-electron chi connectivity index (χ4n) is 5.37. The van der Waals surface area contributed by atoms with Crippen LogP contribution in [-0.4, -0.2) is 49.9 Å². The quantitative estimate of drug-likeness (QED) is 0.200. The number of rotatable bonds is 10. The van der Waals surface area contributed by atoms with Gasteiger partial charge in [0.25, 0.3) is 0 Å². The maximum absolute atomic E-state index is 13.0. The molecule has 3 rings (SSSR count). The van der Waals surface area contributed by atoms with Crippen LogP contribution in [0.2, 0.25) is 25.7 Å². The second kappa shape index (κ2) is 12.4. The van der Waals surface area contributed by atoms with Crippen LogP contribution in [0.1, 0.15) is 73.5 Å². The molecule has 2 aliphatic rings. The Balaban J connectivity index is 1.71. The van der Waals surface area contributed by atoms with E-state index in [9.17, 15) is 9.90 Å². The van der Waals surface area contributed by atoms with Crippen LogP contribution in [0.5, 0.6) is 0 Å². The van der Waals surface area contributed by atoms with Gasteiger partial charge in [0, 0.05) is 19.9 Å². The van der Waals surface area contributed by atoms with E-state index in [1.807, 2.05) is 45.9 Å². The summed E-state index contributed by atoms with van der Waals surface area (Å²) in [5, 5.41) is 10.2. The van der Waals surface area contributed by atoms with Crippen molar-refractivity contribution in [3.8, 4) is 0 Å². The van der Waals surface area contributed by atoms with E-state index in [-0.39, 0.29) is 36.1 Å². The van der Waals surface area contributed by atoms with Crippen LogP contribution < -0.4 is 0 Å². The third-order valence-electron chi connectivity index (χ3n) is 7.40. The van der Waals surface area contributed by atoms with Crippen molar-refractivity contribution in [2.24, 2.45) is 11.8 Å². The van der Waals surface area contributed by atoms with E-state index in [2.05, 4.69) is 44.8 Å². The minimum atomic E-state index is -1.28. The van der Waals surface area contributed by atoms with Crippen molar-refractivity contribution in [2.45, 2.75) is 110 Å². The number of carbonyl (C=O) groups excluding carboxylic acids is 1. The van der Waals surface area contributed by atoms with Gasteiger partial charge in [-0.3, -0.25) is 0 Å². The van der Waals surface area contributed by atoms with Crippen LogP contribution in [0.4, 0.5) is 0 Å². The molecular weight excluding hydrogens is 480 g/mol. The van der Waals surface area contributed by atoms with Crippen LogP contribution in [0.15, 0.2) is 30.4 Å². The van der Waals surface area contributed by atoms with Gasteiger partial charge in [-0.05, 0) is 64.1 Å². The van der Waals surface area contributed by atoms with Crippen molar-refractivity contribution in [3.05, 3.63) is 52.6 Å². The highest BCUT2D eigenvalue weighted by molar-refractivity contribution is 6.76. The molecule has 1 saturated carbocycles. The first-order chi connectivity index (χ1) is 17.3. The van der Waals surface area contributed by atoms with E-state index in [0.717, 1.165) is 42.0 Å². The zero-order valence-electron chi connectivity index (χ0n) is 24.2. The lowest BCUT2D eigenvalue weighted by Gasteiger charge is -2.21. The van der Waals surface area contributed by atoms with Crippen LogP contribution in [-0.2, 0) is 14.2 Å². The Morgan fingerprint density at radius 2 is 1.95 bits per heavy atom. The first kappa shape index (κ1) is 29.8. The SMILES string of the molecule is Cc1cc(C)c(C(=O)OCC[Si](C)(C)C)c(/C=C/C[C@H]2OC(C)(C)O[C@H]2C(C)/C=C\C2CCCC2O)c1. The first-order valence-corrected chi connectivity index (χ1v) is 17.6. The minimum absolute atomic E-state index is 0.0836. The van der Waals surface area contributed by atoms with E-state index < -0.39 is 13.9 Å². The highest BCUT2D eigenvalue weighted by atomic mass is 28.3. The van der Waals surface area contributed by atoms with Gasteiger partial charge in [0.15, 0.2) is 5.79 Å². The number of ether oxygens (including phenoxy) is 3. The Bertz CT molecular complexity index is 990. The van der Waals surface area contributed by atoms with Crippen molar-refractivity contribution in [3.63, 3.8) is 0 Å². The maximum atomic E-state index is 13.0. The molecule has 5 atom stereocenters. The summed E-state index contributed by atoms with van der Waals surface area (Å²) in [5.74, 6) is -0.498. The van der Waals surface area contributed by atoms with Crippen LogP contribution >= 0.6 is 0 Å². The lowest BCUT2D eigenvalue weighted by Crippen LogP contribution is -2.28. The van der Waals surface area contributed by atoms with E-state index >= 15 is 0 Å². The molecule has 1 aromatic carbocycles. The van der Waals surface area contributed by atoms with Crippen molar-refractivity contribution in [2.75, 3.05) is 6.61 Å². The average molecular weight is 529 g/mol. The summed E-state index contributed by atoms with van der Waals surface area (Å²) in [4.78, 5) is 13.0. The van der Waals surface area contributed by atoms with Crippen molar-refractivity contribution >= 4 is 20.1 Å². The Labute approximate surface area is 225 Å². The molecule has 37 heavy (non-hydrogen) atoms. The highest BCUT2D eigenvalue weighted by Crippen LogP contribution is 2.35. The zero-order valence-corrected chi connectivity index (χ0v) is 25.2. The summed E-state index contributed by atoms with van der Waals surface area (Å²) in [6, 6.07) is 5.04. The monoisotopic (exact) mass is 528 g/mol. The third kappa shape index (κ3) is 8.64. The van der Waals surface area contributed by atoms with Crippen molar-refractivity contribution in [1.29, 1.82) is 0 Å². The van der Waals surface area contributed by atoms with Gasteiger partial charge < -0.3 is 19.3 Å². The molecule has 1 aliphatic carbocycles. The number of aliphatic hydroxyl groups excluding tert-OH is 1. The number of hydrogen-bond donors (Lipinski definition) is 1. The smallest absolute Gasteiger partial charge is 0.338 e. The summed E-state index contributed by atoms with van der Waals surface area (Å²) in [5.41, 5.74) is 3.57. The molecule has 1 N–H and O–H groups in total. The van der Waals surface area contributed by atoms with Gasteiger partial charge in [-0.2, -0.15) is 0 Å².